The largest absolute Gasteiger partial charge is 0.297 e. The van der Waals surface area contributed by atoms with E-state index in [1.54, 1.807) is 0 Å². The lowest BCUT2D eigenvalue weighted by atomic mass is 9.83. The summed E-state index contributed by atoms with van der Waals surface area (Å²) in [5.74, 6) is 5.91. The predicted molar refractivity (Wildman–Crippen MR) is 92.3 cm³/mol. The van der Waals surface area contributed by atoms with Crippen molar-refractivity contribution in [3.05, 3.63) is 35.4 Å². The van der Waals surface area contributed by atoms with E-state index in [4.69, 9.17) is 5.84 Å². The van der Waals surface area contributed by atoms with Crippen LogP contribution >= 0.6 is 0 Å². The molecule has 0 aliphatic heterocycles. The van der Waals surface area contributed by atoms with Crippen LogP contribution in [0.5, 0.6) is 0 Å². The minimum absolute atomic E-state index is 0.0711. The van der Waals surface area contributed by atoms with Crippen LogP contribution in [0.2, 0.25) is 0 Å². The number of nitrogens with one attached hydrogen (secondary N) is 1. The second kappa shape index (κ2) is 8.52. The van der Waals surface area contributed by atoms with Crippen molar-refractivity contribution in [2.45, 2.75) is 65.5 Å². The maximum absolute atomic E-state index is 5.91. The van der Waals surface area contributed by atoms with Crippen molar-refractivity contribution >= 4 is 0 Å². The first kappa shape index (κ1) is 18.1. The fourth-order valence-corrected chi connectivity index (χ4v) is 3.24. The molecule has 0 saturated heterocycles. The molecular formula is C18H33N3. The smallest absolute Gasteiger partial charge is 0.0432 e. The van der Waals surface area contributed by atoms with Gasteiger partial charge in [0, 0.05) is 11.6 Å². The molecule has 2 unspecified atom stereocenters. The molecule has 0 amide bonds. The van der Waals surface area contributed by atoms with E-state index >= 15 is 0 Å². The van der Waals surface area contributed by atoms with E-state index in [0.29, 0.717) is 0 Å². The molecule has 0 heterocycles. The first-order chi connectivity index (χ1) is 10.0. The summed E-state index contributed by atoms with van der Waals surface area (Å²) in [5.41, 5.74) is 5.89. The molecule has 0 aliphatic rings. The summed E-state index contributed by atoms with van der Waals surface area (Å²) in [6.45, 7) is 13.3. The zero-order valence-electron chi connectivity index (χ0n) is 14.4. The zero-order valence-corrected chi connectivity index (χ0v) is 14.4. The number of aryl methyl sites for hydroxylation is 1. The summed E-state index contributed by atoms with van der Waals surface area (Å²) in [6.07, 6.45) is 3.13. The minimum Gasteiger partial charge on any atom is -0.297 e. The Morgan fingerprint density at radius 1 is 1.05 bits per heavy atom. The summed E-state index contributed by atoms with van der Waals surface area (Å²) in [4.78, 5) is 2.51. The lowest BCUT2D eigenvalue weighted by molar-refractivity contribution is 0.0701. The van der Waals surface area contributed by atoms with Gasteiger partial charge < -0.3 is 0 Å². The quantitative estimate of drug-likeness (QED) is 0.542. The number of nitrogens with two attached hydrogens (primary N) is 1. The highest BCUT2D eigenvalue weighted by atomic mass is 15.3. The standard InChI is InChI=1S/C18H33N3/c1-6-15-10-12-16(13-11-15)14-17(20-19)18(5,7-2)21(8-3)9-4/h10-13,17,20H,6-9,14,19H2,1-5H3. The van der Waals surface area contributed by atoms with E-state index < -0.39 is 0 Å². The van der Waals surface area contributed by atoms with Crippen LogP contribution in [-0.4, -0.2) is 29.6 Å². The van der Waals surface area contributed by atoms with Crippen molar-refractivity contribution in [3.8, 4) is 0 Å². The number of hydrogen-bond acceptors (Lipinski definition) is 3. The average Bonchev–Trinajstić information content (AvgIpc) is 2.53. The second-order valence-corrected chi connectivity index (χ2v) is 5.98. The Labute approximate surface area is 130 Å². The molecule has 3 heteroatoms. The van der Waals surface area contributed by atoms with Gasteiger partial charge in [-0.3, -0.25) is 16.2 Å². The molecule has 120 valence electrons. The molecule has 1 aromatic carbocycles. The lowest BCUT2D eigenvalue weighted by Gasteiger charge is -2.45. The van der Waals surface area contributed by atoms with Gasteiger partial charge in [0.1, 0.15) is 0 Å². The van der Waals surface area contributed by atoms with Crippen molar-refractivity contribution in [3.63, 3.8) is 0 Å². The second-order valence-electron chi connectivity index (χ2n) is 5.98. The van der Waals surface area contributed by atoms with E-state index in [1.807, 2.05) is 0 Å². The molecule has 0 aromatic heterocycles. The number of likely N-dealkylation sites (N-methyl/N-ethyl adjacent to an activating group) is 1. The van der Waals surface area contributed by atoms with Gasteiger partial charge in [-0.05, 0) is 50.4 Å². The van der Waals surface area contributed by atoms with Gasteiger partial charge in [-0.15, -0.1) is 0 Å². The molecule has 3 nitrogen and oxygen atoms in total. The van der Waals surface area contributed by atoms with Crippen molar-refractivity contribution in [2.75, 3.05) is 13.1 Å². The van der Waals surface area contributed by atoms with Gasteiger partial charge in [-0.2, -0.15) is 0 Å². The predicted octanol–water partition coefficient (Wildman–Crippen LogP) is 3.13. The molecule has 0 spiro atoms. The highest BCUT2D eigenvalue weighted by Crippen LogP contribution is 2.26. The van der Waals surface area contributed by atoms with Crippen molar-refractivity contribution in [1.29, 1.82) is 0 Å². The van der Waals surface area contributed by atoms with Gasteiger partial charge >= 0.3 is 0 Å². The molecule has 0 radical (unpaired) electrons. The summed E-state index contributed by atoms with van der Waals surface area (Å²) in [5, 5.41) is 0. The van der Waals surface area contributed by atoms with E-state index in [0.717, 1.165) is 32.4 Å². The van der Waals surface area contributed by atoms with Crippen LogP contribution < -0.4 is 11.3 Å². The molecule has 0 fully saturated rings. The third kappa shape index (κ3) is 4.29. The lowest BCUT2D eigenvalue weighted by Crippen LogP contribution is -2.61. The molecule has 0 saturated carbocycles. The molecule has 1 aromatic rings. The molecular weight excluding hydrogens is 258 g/mol. The van der Waals surface area contributed by atoms with Crippen LogP contribution in [0, 0.1) is 0 Å². The van der Waals surface area contributed by atoms with Crippen LogP contribution in [0.3, 0.4) is 0 Å². The van der Waals surface area contributed by atoms with E-state index in [-0.39, 0.29) is 11.6 Å². The first-order valence-electron chi connectivity index (χ1n) is 8.34. The normalized spacial score (nSPS) is 16.0. The third-order valence-corrected chi connectivity index (χ3v) is 5.02. The van der Waals surface area contributed by atoms with Gasteiger partial charge in [0.2, 0.25) is 0 Å². The molecule has 3 N–H and O–H groups in total. The average molecular weight is 291 g/mol. The Balaban J connectivity index is 2.93. The monoisotopic (exact) mass is 291 g/mol. The number of hydrazine groups is 1. The van der Waals surface area contributed by atoms with Gasteiger partial charge in [0.15, 0.2) is 0 Å². The highest BCUT2D eigenvalue weighted by molar-refractivity contribution is 5.24. The fourth-order valence-electron chi connectivity index (χ4n) is 3.24. The fraction of sp³-hybridized carbons (Fsp3) is 0.667. The van der Waals surface area contributed by atoms with E-state index in [1.165, 1.54) is 11.1 Å². The van der Waals surface area contributed by atoms with Crippen LogP contribution in [-0.2, 0) is 12.8 Å². The number of nitrogens with zero attached hydrogens (tertiary/aromatic N) is 1. The Morgan fingerprint density at radius 2 is 1.57 bits per heavy atom. The molecule has 21 heavy (non-hydrogen) atoms. The summed E-state index contributed by atoms with van der Waals surface area (Å²) in [6, 6.07) is 9.17. The number of hydrogen-bond donors (Lipinski definition) is 2. The Bertz CT molecular complexity index is 397. The Kier molecular flexibility index (Phi) is 7.36. The SMILES string of the molecule is CCc1ccc(CC(NN)C(C)(CC)N(CC)CC)cc1. The minimum atomic E-state index is 0.0711. The van der Waals surface area contributed by atoms with Crippen LogP contribution in [0.1, 0.15) is 52.2 Å². The third-order valence-electron chi connectivity index (χ3n) is 5.02. The maximum Gasteiger partial charge on any atom is 0.0432 e. The van der Waals surface area contributed by atoms with Gasteiger partial charge in [0.05, 0.1) is 0 Å². The van der Waals surface area contributed by atoms with E-state index in [9.17, 15) is 0 Å². The van der Waals surface area contributed by atoms with Gasteiger partial charge in [-0.25, -0.2) is 0 Å². The van der Waals surface area contributed by atoms with Crippen LogP contribution in [0.15, 0.2) is 24.3 Å². The summed E-state index contributed by atoms with van der Waals surface area (Å²) >= 11 is 0. The van der Waals surface area contributed by atoms with Crippen molar-refractivity contribution in [2.24, 2.45) is 5.84 Å². The Hall–Kier alpha value is -0.900. The van der Waals surface area contributed by atoms with Crippen LogP contribution in [0.4, 0.5) is 0 Å². The zero-order chi connectivity index (χ0) is 15.9. The van der Waals surface area contributed by atoms with Crippen molar-refractivity contribution in [1.82, 2.24) is 10.3 Å². The molecule has 0 bridgehead atoms. The van der Waals surface area contributed by atoms with E-state index in [2.05, 4.69) is 69.2 Å². The van der Waals surface area contributed by atoms with Crippen molar-refractivity contribution < 1.29 is 0 Å². The summed E-state index contributed by atoms with van der Waals surface area (Å²) < 4.78 is 0. The van der Waals surface area contributed by atoms with Crippen LogP contribution in [0.25, 0.3) is 0 Å². The topological polar surface area (TPSA) is 41.3 Å². The number of rotatable bonds is 9. The maximum atomic E-state index is 5.91. The molecule has 1 rings (SSSR count). The highest BCUT2D eigenvalue weighted by Gasteiger charge is 2.36. The van der Waals surface area contributed by atoms with Gasteiger partial charge in [0.25, 0.3) is 0 Å². The Morgan fingerprint density at radius 3 is 1.95 bits per heavy atom. The van der Waals surface area contributed by atoms with Gasteiger partial charge in [-0.1, -0.05) is 52.0 Å². The molecule has 2 atom stereocenters. The summed E-state index contributed by atoms with van der Waals surface area (Å²) in [7, 11) is 0. The molecule has 0 aliphatic carbocycles. The number of benzene rings is 1. The first-order valence-corrected chi connectivity index (χ1v) is 8.34.